The van der Waals surface area contributed by atoms with E-state index in [4.69, 9.17) is 16.1 Å². The highest BCUT2D eigenvalue weighted by Crippen LogP contribution is 2.14. The van der Waals surface area contributed by atoms with Crippen LogP contribution < -0.4 is 16.1 Å². The molecule has 0 aromatic carbocycles. The van der Waals surface area contributed by atoms with E-state index in [2.05, 4.69) is 21.2 Å². The molecule has 3 atom stereocenters. The van der Waals surface area contributed by atoms with E-state index in [-0.39, 0.29) is 30.5 Å². The van der Waals surface area contributed by atoms with Crippen molar-refractivity contribution in [3.63, 3.8) is 0 Å². The molecule has 3 N–H and O–H groups in total. The molecule has 31 heavy (non-hydrogen) atoms. The van der Waals surface area contributed by atoms with E-state index in [9.17, 15) is 23.6 Å². The third-order valence-corrected chi connectivity index (χ3v) is 4.97. The van der Waals surface area contributed by atoms with Gasteiger partial charge in [0.1, 0.15) is 11.8 Å². The summed E-state index contributed by atoms with van der Waals surface area (Å²) in [6.45, 7) is 5.70. The Labute approximate surface area is 184 Å². The van der Waals surface area contributed by atoms with E-state index in [1.165, 1.54) is 6.07 Å². The van der Waals surface area contributed by atoms with E-state index in [1.54, 1.807) is 6.92 Å². The highest BCUT2D eigenvalue weighted by atomic mass is 35.5. The molecule has 10 nitrogen and oxygen atoms in total. The summed E-state index contributed by atoms with van der Waals surface area (Å²) in [5.74, 6) is -2.82. The van der Waals surface area contributed by atoms with Crippen LogP contribution in [0.2, 0.25) is 0 Å². The first-order valence-corrected chi connectivity index (χ1v) is 10.4. The lowest BCUT2D eigenvalue weighted by Crippen LogP contribution is -2.56. The van der Waals surface area contributed by atoms with Gasteiger partial charge in [0.2, 0.25) is 5.91 Å². The van der Waals surface area contributed by atoms with Gasteiger partial charge in [0, 0.05) is 12.6 Å². The van der Waals surface area contributed by atoms with Gasteiger partial charge in [-0.05, 0) is 32.1 Å². The molecule has 12 heteroatoms. The molecule has 2 heterocycles. The van der Waals surface area contributed by atoms with Crippen molar-refractivity contribution in [1.82, 2.24) is 26.2 Å². The number of rotatable bonds is 9. The molecule has 3 unspecified atom stereocenters. The molecule has 0 aliphatic carbocycles. The molecule has 172 valence electrons. The quantitative estimate of drug-likeness (QED) is 0.373. The summed E-state index contributed by atoms with van der Waals surface area (Å²) in [6, 6.07) is 0.385. The van der Waals surface area contributed by atoms with Crippen LogP contribution in [0, 0.1) is 18.8 Å². The van der Waals surface area contributed by atoms with Crippen molar-refractivity contribution in [2.75, 3.05) is 13.1 Å². The lowest BCUT2D eigenvalue weighted by Gasteiger charge is -2.28. The number of aromatic nitrogens is 1. The number of carbonyl (C=O) groups excluding carboxylic acids is 4. The molecule has 4 amide bonds. The Hall–Kier alpha value is -2.69. The summed E-state index contributed by atoms with van der Waals surface area (Å²) in [5.41, 5.74) is -0.0834. The molecule has 1 aliphatic rings. The Morgan fingerprint density at radius 2 is 2.10 bits per heavy atom. The molecule has 0 saturated carbocycles. The van der Waals surface area contributed by atoms with Crippen LogP contribution in [-0.2, 0) is 14.4 Å². The SMILES string of the molecule is Cc1cc(C(=O)NC(CCC(C)C)C(=O)NN(CC2CCNC2=O)C(=O)C(F)Cl)no1. The third kappa shape index (κ3) is 7.20. The number of hydrazine groups is 1. The summed E-state index contributed by atoms with van der Waals surface area (Å²) >= 11 is 5.28. The fourth-order valence-electron chi connectivity index (χ4n) is 3.03. The largest absolute Gasteiger partial charge is 0.361 e. The number of alkyl halides is 2. The monoisotopic (exact) mass is 459 g/mol. The number of carbonyl (C=O) groups is 4. The second-order valence-electron chi connectivity index (χ2n) is 7.82. The molecule has 0 bridgehead atoms. The van der Waals surface area contributed by atoms with Gasteiger partial charge in [-0.2, -0.15) is 0 Å². The number of hydrogen-bond donors (Lipinski definition) is 3. The molecule has 1 aromatic heterocycles. The first-order chi connectivity index (χ1) is 14.6. The maximum Gasteiger partial charge on any atom is 0.291 e. The summed E-state index contributed by atoms with van der Waals surface area (Å²) in [7, 11) is 0. The zero-order valence-electron chi connectivity index (χ0n) is 17.6. The molecule has 1 saturated heterocycles. The lowest BCUT2D eigenvalue weighted by atomic mass is 10.0. The van der Waals surface area contributed by atoms with Gasteiger partial charge in [-0.3, -0.25) is 24.6 Å². The number of hydrogen-bond acceptors (Lipinski definition) is 6. The van der Waals surface area contributed by atoms with Crippen molar-refractivity contribution in [2.45, 2.75) is 51.7 Å². The summed E-state index contributed by atoms with van der Waals surface area (Å²) in [5, 5.41) is 9.49. The summed E-state index contributed by atoms with van der Waals surface area (Å²) in [6.07, 6.45) is 1.28. The van der Waals surface area contributed by atoms with E-state index >= 15 is 0 Å². The maximum atomic E-state index is 13.5. The predicted octanol–water partition coefficient (Wildman–Crippen LogP) is 1.05. The van der Waals surface area contributed by atoms with Crippen LogP contribution >= 0.6 is 11.6 Å². The maximum absolute atomic E-state index is 13.5. The number of amides is 4. The minimum atomic E-state index is -2.40. The Balaban J connectivity index is 2.13. The predicted molar refractivity (Wildman–Crippen MR) is 108 cm³/mol. The first kappa shape index (κ1) is 24.6. The average Bonchev–Trinajstić information content (AvgIpc) is 3.31. The van der Waals surface area contributed by atoms with E-state index in [0.717, 1.165) is 0 Å². The molecule has 1 aromatic rings. The number of halogens is 2. The number of aryl methyl sites for hydroxylation is 1. The van der Waals surface area contributed by atoms with E-state index in [0.29, 0.717) is 30.2 Å². The molecular formula is C19H27ClFN5O5. The highest BCUT2D eigenvalue weighted by Gasteiger charge is 2.33. The van der Waals surface area contributed by atoms with Crippen LogP contribution in [0.5, 0.6) is 0 Å². The molecule has 2 rings (SSSR count). The Kier molecular flexibility index (Phi) is 8.78. The van der Waals surface area contributed by atoms with Gasteiger partial charge in [0.05, 0.1) is 12.5 Å². The van der Waals surface area contributed by atoms with Gasteiger partial charge in [-0.1, -0.05) is 30.6 Å². The minimum absolute atomic E-state index is 0.0000124. The van der Waals surface area contributed by atoms with Gasteiger partial charge in [0.15, 0.2) is 5.69 Å². The topological polar surface area (TPSA) is 134 Å². The Bertz CT molecular complexity index is 815. The molecule has 1 aliphatic heterocycles. The van der Waals surface area contributed by atoms with Crippen LogP contribution in [0.15, 0.2) is 10.6 Å². The third-order valence-electron chi connectivity index (χ3n) is 4.78. The van der Waals surface area contributed by atoms with Crippen molar-refractivity contribution in [3.05, 3.63) is 17.5 Å². The summed E-state index contributed by atoms with van der Waals surface area (Å²) in [4.78, 5) is 49.3. The van der Waals surface area contributed by atoms with Crippen molar-refractivity contribution in [1.29, 1.82) is 0 Å². The van der Waals surface area contributed by atoms with Gasteiger partial charge in [-0.15, -0.1) is 0 Å². The fourth-order valence-corrected chi connectivity index (χ4v) is 3.15. The van der Waals surface area contributed by atoms with E-state index < -0.39 is 35.3 Å². The second kappa shape index (κ2) is 11.1. The van der Waals surface area contributed by atoms with Crippen LogP contribution in [0.1, 0.15) is 49.4 Å². The smallest absolute Gasteiger partial charge is 0.291 e. The normalized spacial score (nSPS) is 17.7. The standard InChI is InChI=1S/C19H27ClFN5O5/c1-10(2)4-5-13(23-17(28)14-8-11(3)31-25-14)18(29)24-26(19(30)15(20)21)9-12-6-7-22-16(12)27/h8,10,12-13,15H,4-7,9H2,1-3H3,(H,22,27)(H,23,28)(H,24,29). The first-order valence-electron chi connectivity index (χ1n) is 10.00. The molecular weight excluding hydrogens is 433 g/mol. The van der Waals surface area contributed by atoms with Crippen LogP contribution in [0.3, 0.4) is 0 Å². The molecule has 0 spiro atoms. The molecule has 0 radical (unpaired) electrons. The van der Waals surface area contributed by atoms with Crippen LogP contribution in [0.25, 0.3) is 0 Å². The fraction of sp³-hybridized carbons (Fsp3) is 0.632. The van der Waals surface area contributed by atoms with Crippen LogP contribution in [0.4, 0.5) is 4.39 Å². The van der Waals surface area contributed by atoms with Gasteiger partial charge < -0.3 is 15.2 Å². The van der Waals surface area contributed by atoms with Crippen molar-refractivity contribution in [2.24, 2.45) is 11.8 Å². The van der Waals surface area contributed by atoms with Gasteiger partial charge in [-0.25, -0.2) is 9.40 Å². The Morgan fingerprint density at radius 1 is 1.39 bits per heavy atom. The zero-order valence-corrected chi connectivity index (χ0v) is 18.4. The van der Waals surface area contributed by atoms with Gasteiger partial charge >= 0.3 is 0 Å². The second-order valence-corrected chi connectivity index (χ2v) is 8.21. The van der Waals surface area contributed by atoms with Crippen molar-refractivity contribution in [3.8, 4) is 0 Å². The lowest BCUT2D eigenvalue weighted by molar-refractivity contribution is -0.145. The van der Waals surface area contributed by atoms with Crippen LogP contribution in [-0.4, -0.2) is 58.6 Å². The van der Waals surface area contributed by atoms with Crippen molar-refractivity contribution < 1.29 is 28.1 Å². The summed E-state index contributed by atoms with van der Waals surface area (Å²) < 4.78 is 18.4. The van der Waals surface area contributed by atoms with Crippen molar-refractivity contribution >= 4 is 35.2 Å². The average molecular weight is 460 g/mol. The number of nitrogens with one attached hydrogen (secondary N) is 3. The minimum Gasteiger partial charge on any atom is -0.361 e. The zero-order chi connectivity index (χ0) is 23.1. The Morgan fingerprint density at radius 3 is 2.61 bits per heavy atom. The number of nitrogens with zero attached hydrogens (tertiary/aromatic N) is 2. The van der Waals surface area contributed by atoms with E-state index in [1.807, 2.05) is 13.8 Å². The van der Waals surface area contributed by atoms with Gasteiger partial charge in [0.25, 0.3) is 23.4 Å². The molecule has 1 fully saturated rings. The highest BCUT2D eigenvalue weighted by molar-refractivity contribution is 6.29.